The maximum Gasteiger partial charge on any atom is 0.410 e. The van der Waals surface area contributed by atoms with Crippen LogP contribution in [-0.2, 0) is 28.5 Å². The Morgan fingerprint density at radius 2 is 1.32 bits per heavy atom. The highest BCUT2D eigenvalue weighted by atomic mass is 16.6. The number of amides is 2. The number of hydrogen-bond acceptors (Lipinski definition) is 10. The molecule has 1 saturated carbocycles. The number of benzene rings is 2. The van der Waals surface area contributed by atoms with Crippen molar-refractivity contribution in [1.82, 2.24) is 10.2 Å². The van der Waals surface area contributed by atoms with Crippen molar-refractivity contribution < 1.29 is 47.6 Å². The van der Waals surface area contributed by atoms with Gasteiger partial charge < -0.3 is 38.6 Å². The van der Waals surface area contributed by atoms with Gasteiger partial charge in [0.05, 0.1) is 0 Å². The first kappa shape index (κ1) is 34.9. The van der Waals surface area contributed by atoms with Crippen molar-refractivity contribution >= 4 is 24.1 Å². The van der Waals surface area contributed by atoms with E-state index in [4.69, 9.17) is 28.4 Å². The van der Waals surface area contributed by atoms with E-state index in [1.807, 2.05) is 43.3 Å². The van der Waals surface area contributed by atoms with Crippen LogP contribution in [0.4, 0.5) is 9.59 Å². The molecule has 1 saturated heterocycles. The summed E-state index contributed by atoms with van der Waals surface area (Å²) in [6, 6.07) is 17.7. The van der Waals surface area contributed by atoms with E-state index in [-0.39, 0.29) is 37.9 Å². The zero-order valence-corrected chi connectivity index (χ0v) is 26.8. The van der Waals surface area contributed by atoms with E-state index in [2.05, 4.69) is 25.4 Å². The molecular weight excluding hydrogens is 608 g/mol. The van der Waals surface area contributed by atoms with Gasteiger partial charge in [0.15, 0.2) is 12.2 Å². The molecule has 1 aliphatic carbocycles. The van der Waals surface area contributed by atoms with Crippen LogP contribution in [0.1, 0.15) is 33.1 Å². The second kappa shape index (κ2) is 16.0. The van der Waals surface area contributed by atoms with Gasteiger partial charge in [-0.05, 0) is 55.9 Å². The number of nitrogens with one attached hydrogen (secondary N) is 1. The van der Waals surface area contributed by atoms with Gasteiger partial charge in [-0.1, -0.05) is 56.5 Å². The number of fused-ring (bicyclic) bond motifs is 2. The molecule has 2 aromatic rings. The van der Waals surface area contributed by atoms with Crippen molar-refractivity contribution in [2.45, 2.75) is 56.9 Å². The van der Waals surface area contributed by atoms with E-state index in [1.54, 1.807) is 29.2 Å². The molecule has 1 aliphatic heterocycles. The van der Waals surface area contributed by atoms with E-state index >= 15 is 0 Å². The van der Waals surface area contributed by atoms with Crippen molar-refractivity contribution in [1.29, 1.82) is 0 Å². The Kier molecular flexibility index (Phi) is 11.9. The molecule has 5 atom stereocenters. The van der Waals surface area contributed by atoms with Gasteiger partial charge >= 0.3 is 24.1 Å². The van der Waals surface area contributed by atoms with Gasteiger partial charge in [-0.2, -0.15) is 0 Å². The number of esters is 2. The lowest BCUT2D eigenvalue weighted by Crippen LogP contribution is -2.52. The van der Waals surface area contributed by atoms with Gasteiger partial charge in [0.25, 0.3) is 0 Å². The van der Waals surface area contributed by atoms with Crippen LogP contribution in [0.2, 0.25) is 0 Å². The molecule has 12 nitrogen and oxygen atoms in total. The van der Waals surface area contributed by atoms with Gasteiger partial charge in [0.2, 0.25) is 0 Å². The van der Waals surface area contributed by atoms with E-state index in [1.165, 1.54) is 0 Å². The lowest BCUT2D eigenvalue weighted by atomic mass is 9.70. The summed E-state index contributed by atoms with van der Waals surface area (Å²) in [7, 11) is 0. The molecule has 4 rings (SSSR count). The first-order valence-electron chi connectivity index (χ1n) is 15.4. The van der Waals surface area contributed by atoms with Gasteiger partial charge in [0.1, 0.15) is 37.9 Å². The molecule has 0 spiro atoms. The maximum atomic E-state index is 13.6. The fourth-order valence-corrected chi connectivity index (χ4v) is 6.22. The smallest absolute Gasteiger partial charge is 0.410 e. The second-order valence-electron chi connectivity index (χ2n) is 12.3. The average Bonchev–Trinajstić information content (AvgIpc) is 3.26. The van der Waals surface area contributed by atoms with Crippen molar-refractivity contribution in [3.05, 3.63) is 86.0 Å². The monoisotopic (exact) mass is 650 g/mol. The van der Waals surface area contributed by atoms with Gasteiger partial charge in [0, 0.05) is 30.3 Å². The zero-order chi connectivity index (χ0) is 33.9. The molecular formula is C35H42N2O10. The van der Waals surface area contributed by atoms with Crippen molar-refractivity contribution in [2.24, 2.45) is 5.41 Å². The molecule has 0 radical (unpaired) electrons. The number of ether oxygens (including phenoxy) is 6. The normalized spacial score (nSPS) is 22.5. The summed E-state index contributed by atoms with van der Waals surface area (Å²) >= 11 is 0. The van der Waals surface area contributed by atoms with Gasteiger partial charge in [-0.3, -0.25) is 0 Å². The maximum absolute atomic E-state index is 13.6. The number of carbonyl (C=O) groups excluding carboxylic acids is 4. The van der Waals surface area contributed by atoms with Crippen LogP contribution in [0.3, 0.4) is 0 Å². The number of carbonyl (C=O) groups is 4. The highest BCUT2D eigenvalue weighted by Crippen LogP contribution is 2.51. The van der Waals surface area contributed by atoms with E-state index in [9.17, 15) is 19.2 Å². The quantitative estimate of drug-likeness (QED) is 0.162. The first-order chi connectivity index (χ1) is 22.5. The molecule has 5 unspecified atom stereocenters. The van der Waals surface area contributed by atoms with E-state index in [0.717, 1.165) is 12.2 Å². The molecule has 1 N–H and O–H groups in total. The summed E-state index contributed by atoms with van der Waals surface area (Å²) in [6.45, 7) is 10.7. The minimum Gasteiger partial charge on any atom is -0.490 e. The average molecular weight is 651 g/mol. The summed E-state index contributed by atoms with van der Waals surface area (Å²) in [5.74, 6) is -0.145. The Hall–Kier alpha value is -5.00. The Morgan fingerprint density at radius 3 is 1.83 bits per heavy atom. The molecule has 1 heterocycles. The summed E-state index contributed by atoms with van der Waals surface area (Å²) in [6.07, 6.45) is 0.762. The number of likely N-dealkylation sites (tertiary alicyclic amines) is 1. The minimum atomic E-state index is -0.887. The Bertz CT molecular complexity index is 1400. The fraction of sp³-hybridized carbons (Fsp3) is 0.429. The van der Waals surface area contributed by atoms with Crippen molar-refractivity contribution in [3.63, 3.8) is 0 Å². The van der Waals surface area contributed by atoms with E-state index in [0.29, 0.717) is 37.3 Å². The predicted molar refractivity (Wildman–Crippen MR) is 171 cm³/mol. The van der Waals surface area contributed by atoms with Crippen LogP contribution in [0.15, 0.2) is 86.0 Å². The fourth-order valence-electron chi connectivity index (χ4n) is 6.22. The Morgan fingerprint density at radius 1 is 0.809 bits per heavy atom. The van der Waals surface area contributed by atoms with Crippen LogP contribution in [0, 0.1) is 5.41 Å². The highest BCUT2D eigenvalue weighted by Gasteiger charge is 2.56. The summed E-state index contributed by atoms with van der Waals surface area (Å²) in [5.41, 5.74) is -0.954. The zero-order valence-electron chi connectivity index (χ0n) is 26.8. The second-order valence-corrected chi connectivity index (χ2v) is 12.3. The third kappa shape index (κ3) is 10.2. The largest absolute Gasteiger partial charge is 0.490 e. The minimum absolute atomic E-state index is 0.0325. The molecule has 47 heavy (non-hydrogen) atoms. The van der Waals surface area contributed by atoms with Crippen LogP contribution in [0.25, 0.3) is 0 Å². The lowest BCUT2D eigenvalue weighted by molar-refractivity contribution is -0.142. The summed E-state index contributed by atoms with van der Waals surface area (Å²) in [4.78, 5) is 51.8. The van der Waals surface area contributed by atoms with Gasteiger partial charge in [-0.15, -0.1) is 0 Å². The SMILES string of the molecule is C=CC(=O)OCC(COc1ccccc1)OC(=O)NC1CC2(C)CN(C(=O)OC(COC(=O)C=C)COc3ccccc3)C(C)(C1)C2. The molecule has 2 aromatic carbocycles. The van der Waals surface area contributed by atoms with Crippen LogP contribution in [0.5, 0.6) is 11.5 Å². The Labute approximate surface area is 274 Å². The highest BCUT2D eigenvalue weighted by molar-refractivity contribution is 5.81. The summed E-state index contributed by atoms with van der Waals surface area (Å²) in [5, 5.41) is 2.94. The van der Waals surface area contributed by atoms with Crippen molar-refractivity contribution in [2.75, 3.05) is 33.0 Å². The van der Waals surface area contributed by atoms with E-state index < -0.39 is 41.9 Å². The third-order valence-corrected chi connectivity index (χ3v) is 8.02. The predicted octanol–water partition coefficient (Wildman–Crippen LogP) is 4.84. The number of nitrogens with zero attached hydrogens (tertiary/aromatic N) is 1. The lowest BCUT2D eigenvalue weighted by Gasteiger charge is -2.41. The molecule has 0 aromatic heterocycles. The van der Waals surface area contributed by atoms with Gasteiger partial charge in [-0.25, -0.2) is 19.2 Å². The number of hydrogen-bond donors (Lipinski definition) is 1. The van der Waals surface area contributed by atoms with Crippen LogP contribution < -0.4 is 14.8 Å². The standard InChI is InChI=1S/C35H42N2O10/c1-5-30(38)44-21-28(19-42-26-13-9-7-10-14-26)46-32(40)36-25-17-34(3)23-35(4,18-25)37(24-34)33(41)47-29(22-45-31(39)6-2)20-43-27-15-11-8-12-16-27/h5-16,25,28-29H,1-2,17-24H2,3-4H3,(H,36,40). The Balaban J connectivity index is 1.37. The van der Waals surface area contributed by atoms with Crippen LogP contribution >= 0.6 is 0 Å². The molecule has 2 bridgehead atoms. The van der Waals surface area contributed by atoms with Crippen LogP contribution in [-0.4, -0.2) is 85.8 Å². The molecule has 12 heteroatoms. The molecule has 252 valence electrons. The van der Waals surface area contributed by atoms with Crippen molar-refractivity contribution in [3.8, 4) is 11.5 Å². The number of alkyl carbamates (subject to hydrolysis) is 1. The topological polar surface area (TPSA) is 139 Å². The first-order valence-corrected chi connectivity index (χ1v) is 15.4. The molecule has 2 aliphatic rings. The number of para-hydroxylation sites is 2. The third-order valence-electron chi connectivity index (χ3n) is 8.02. The summed E-state index contributed by atoms with van der Waals surface area (Å²) < 4.78 is 33.3. The molecule has 2 amide bonds. The molecule has 2 fully saturated rings. The number of rotatable bonds is 15.